The SMILES string of the molecule is CN1Cc2c(C(=O)N3CCC(c4ccccc4C(F)(F)F)CC3)n[nH]c2CC1=O. The molecule has 2 amide bonds. The average Bonchev–Trinajstić information content (AvgIpc) is 3.10. The fourth-order valence-corrected chi connectivity index (χ4v) is 4.16. The van der Waals surface area contributed by atoms with Crippen LogP contribution in [0.1, 0.15) is 51.6 Å². The van der Waals surface area contributed by atoms with E-state index in [0.29, 0.717) is 49.4 Å². The Hall–Kier alpha value is -2.84. The minimum atomic E-state index is -4.39. The Morgan fingerprint density at radius 2 is 1.90 bits per heavy atom. The van der Waals surface area contributed by atoms with Crippen LogP contribution in [-0.2, 0) is 23.9 Å². The van der Waals surface area contributed by atoms with Gasteiger partial charge in [-0.15, -0.1) is 0 Å². The third-order valence-electron chi connectivity index (χ3n) is 5.79. The smallest absolute Gasteiger partial charge is 0.341 e. The molecule has 0 aliphatic carbocycles. The number of alkyl halides is 3. The Morgan fingerprint density at radius 3 is 2.59 bits per heavy atom. The number of carbonyl (C=O) groups excluding carboxylic acids is 2. The van der Waals surface area contributed by atoms with E-state index in [1.807, 2.05) is 0 Å². The molecule has 29 heavy (non-hydrogen) atoms. The summed E-state index contributed by atoms with van der Waals surface area (Å²) in [6.07, 6.45) is -3.28. The molecule has 1 N–H and O–H groups in total. The van der Waals surface area contributed by atoms with Gasteiger partial charge in [-0.05, 0) is 30.4 Å². The zero-order chi connectivity index (χ0) is 20.8. The van der Waals surface area contributed by atoms with Gasteiger partial charge in [0.1, 0.15) is 0 Å². The van der Waals surface area contributed by atoms with Crippen LogP contribution in [0.3, 0.4) is 0 Å². The highest BCUT2D eigenvalue weighted by atomic mass is 19.4. The quantitative estimate of drug-likeness (QED) is 0.834. The number of aromatic amines is 1. The predicted molar refractivity (Wildman–Crippen MR) is 98.1 cm³/mol. The highest BCUT2D eigenvalue weighted by Crippen LogP contribution is 2.38. The van der Waals surface area contributed by atoms with Crippen LogP contribution < -0.4 is 0 Å². The van der Waals surface area contributed by atoms with Crippen LogP contribution in [0.15, 0.2) is 24.3 Å². The van der Waals surface area contributed by atoms with E-state index in [1.54, 1.807) is 22.9 Å². The summed E-state index contributed by atoms with van der Waals surface area (Å²) in [6.45, 7) is 1.05. The standard InChI is InChI=1S/C20H21F3N4O2/c1-26-11-14-16(10-17(26)28)24-25-18(14)19(29)27-8-6-12(7-9-27)13-4-2-3-5-15(13)20(21,22)23/h2-5,12H,6-11H2,1H3,(H,24,25). The summed E-state index contributed by atoms with van der Waals surface area (Å²) in [6, 6.07) is 5.66. The van der Waals surface area contributed by atoms with Crippen molar-refractivity contribution < 1.29 is 22.8 Å². The summed E-state index contributed by atoms with van der Waals surface area (Å²) < 4.78 is 39.9. The van der Waals surface area contributed by atoms with Gasteiger partial charge >= 0.3 is 6.18 Å². The number of fused-ring (bicyclic) bond motifs is 1. The summed E-state index contributed by atoms with van der Waals surface area (Å²) in [5.74, 6) is -0.522. The van der Waals surface area contributed by atoms with Gasteiger partial charge in [0, 0.05) is 32.2 Å². The molecule has 2 aliphatic heterocycles. The first-order chi connectivity index (χ1) is 13.8. The van der Waals surface area contributed by atoms with Crippen LogP contribution in [0, 0.1) is 0 Å². The Labute approximate surface area is 165 Å². The van der Waals surface area contributed by atoms with Gasteiger partial charge in [0.25, 0.3) is 5.91 Å². The molecule has 2 aromatic rings. The van der Waals surface area contributed by atoms with E-state index in [2.05, 4.69) is 10.2 Å². The molecule has 0 radical (unpaired) electrons. The summed E-state index contributed by atoms with van der Waals surface area (Å²) in [5.41, 5.74) is 1.38. The Bertz CT molecular complexity index is 945. The van der Waals surface area contributed by atoms with Gasteiger partial charge in [-0.1, -0.05) is 18.2 Å². The van der Waals surface area contributed by atoms with Crippen molar-refractivity contribution in [1.29, 1.82) is 0 Å². The molecule has 0 unspecified atom stereocenters. The number of likely N-dealkylation sites (N-methyl/N-ethyl adjacent to an activating group) is 1. The lowest BCUT2D eigenvalue weighted by atomic mass is 9.86. The van der Waals surface area contributed by atoms with Crippen molar-refractivity contribution in [1.82, 2.24) is 20.0 Å². The fourth-order valence-electron chi connectivity index (χ4n) is 4.16. The molecule has 0 atom stereocenters. The molecule has 0 spiro atoms. The number of piperidine rings is 1. The molecule has 1 aromatic carbocycles. The predicted octanol–water partition coefficient (Wildman–Crippen LogP) is 2.96. The lowest BCUT2D eigenvalue weighted by Crippen LogP contribution is -2.39. The Kier molecular flexibility index (Phi) is 4.84. The molecule has 1 saturated heterocycles. The number of amides is 2. The van der Waals surface area contributed by atoms with Gasteiger partial charge in [0.15, 0.2) is 5.69 Å². The van der Waals surface area contributed by atoms with Gasteiger partial charge in [-0.2, -0.15) is 18.3 Å². The molecule has 0 saturated carbocycles. The van der Waals surface area contributed by atoms with Crippen LogP contribution in [0.5, 0.6) is 0 Å². The number of rotatable bonds is 2. The maximum Gasteiger partial charge on any atom is 0.416 e. The zero-order valence-electron chi connectivity index (χ0n) is 15.9. The monoisotopic (exact) mass is 406 g/mol. The first-order valence-electron chi connectivity index (χ1n) is 9.51. The van der Waals surface area contributed by atoms with Gasteiger partial charge in [0.05, 0.1) is 17.7 Å². The second kappa shape index (κ2) is 7.20. The summed E-state index contributed by atoms with van der Waals surface area (Å²) >= 11 is 0. The first kappa shape index (κ1) is 19.5. The molecule has 1 fully saturated rings. The van der Waals surface area contributed by atoms with Gasteiger partial charge < -0.3 is 9.80 Å². The van der Waals surface area contributed by atoms with Crippen molar-refractivity contribution in [2.75, 3.05) is 20.1 Å². The molecule has 154 valence electrons. The Morgan fingerprint density at radius 1 is 1.21 bits per heavy atom. The molecule has 4 rings (SSSR count). The number of nitrogens with zero attached hydrogens (tertiary/aromatic N) is 3. The number of carbonyl (C=O) groups is 2. The molecule has 6 nitrogen and oxygen atoms in total. The lowest BCUT2D eigenvalue weighted by Gasteiger charge is -2.33. The molecular weight excluding hydrogens is 385 g/mol. The van der Waals surface area contributed by atoms with Gasteiger partial charge in [-0.3, -0.25) is 14.7 Å². The van der Waals surface area contributed by atoms with Crippen molar-refractivity contribution in [2.24, 2.45) is 0 Å². The number of halogens is 3. The maximum absolute atomic E-state index is 13.3. The van der Waals surface area contributed by atoms with E-state index >= 15 is 0 Å². The van der Waals surface area contributed by atoms with Crippen molar-refractivity contribution in [3.8, 4) is 0 Å². The summed E-state index contributed by atoms with van der Waals surface area (Å²) in [4.78, 5) is 27.9. The van der Waals surface area contributed by atoms with Crippen LogP contribution in [0.2, 0.25) is 0 Å². The molecule has 0 bridgehead atoms. The third kappa shape index (κ3) is 3.61. The number of hydrogen-bond donors (Lipinski definition) is 1. The molecule has 3 heterocycles. The average molecular weight is 406 g/mol. The Balaban J connectivity index is 1.48. The van der Waals surface area contributed by atoms with E-state index in [1.165, 1.54) is 12.1 Å². The van der Waals surface area contributed by atoms with E-state index in [4.69, 9.17) is 0 Å². The summed E-state index contributed by atoms with van der Waals surface area (Å²) in [7, 11) is 1.68. The number of nitrogens with one attached hydrogen (secondary N) is 1. The van der Waals surface area contributed by atoms with Crippen LogP contribution in [-0.4, -0.2) is 51.9 Å². The van der Waals surface area contributed by atoms with E-state index in [0.717, 1.165) is 11.6 Å². The maximum atomic E-state index is 13.3. The number of likely N-dealkylation sites (tertiary alicyclic amines) is 1. The second-order valence-electron chi connectivity index (χ2n) is 7.61. The molecule has 2 aliphatic rings. The second-order valence-corrected chi connectivity index (χ2v) is 7.61. The number of H-pyrrole nitrogens is 1. The van der Waals surface area contributed by atoms with Crippen molar-refractivity contribution >= 4 is 11.8 Å². The van der Waals surface area contributed by atoms with Crippen LogP contribution in [0.25, 0.3) is 0 Å². The normalized spacial score (nSPS) is 18.1. The molecule has 9 heteroatoms. The van der Waals surface area contributed by atoms with E-state index < -0.39 is 11.7 Å². The van der Waals surface area contributed by atoms with Gasteiger partial charge in [-0.25, -0.2) is 0 Å². The van der Waals surface area contributed by atoms with Gasteiger partial charge in [0.2, 0.25) is 5.91 Å². The van der Waals surface area contributed by atoms with Crippen molar-refractivity contribution in [2.45, 2.75) is 37.9 Å². The highest BCUT2D eigenvalue weighted by Gasteiger charge is 2.37. The van der Waals surface area contributed by atoms with E-state index in [9.17, 15) is 22.8 Å². The van der Waals surface area contributed by atoms with Crippen molar-refractivity contribution in [3.05, 3.63) is 52.3 Å². The topological polar surface area (TPSA) is 69.3 Å². The largest absolute Gasteiger partial charge is 0.416 e. The lowest BCUT2D eigenvalue weighted by molar-refractivity contribution is -0.138. The van der Waals surface area contributed by atoms with E-state index in [-0.39, 0.29) is 24.2 Å². The van der Waals surface area contributed by atoms with Crippen LogP contribution >= 0.6 is 0 Å². The van der Waals surface area contributed by atoms with Crippen molar-refractivity contribution in [3.63, 3.8) is 0 Å². The number of benzene rings is 1. The van der Waals surface area contributed by atoms with Crippen LogP contribution in [0.4, 0.5) is 13.2 Å². The highest BCUT2D eigenvalue weighted by molar-refractivity contribution is 5.95. The molecule has 1 aromatic heterocycles. The number of hydrogen-bond acceptors (Lipinski definition) is 3. The number of aromatic nitrogens is 2. The zero-order valence-corrected chi connectivity index (χ0v) is 15.9. The summed E-state index contributed by atoms with van der Waals surface area (Å²) in [5, 5.41) is 6.91. The fraction of sp³-hybridized carbons (Fsp3) is 0.450. The first-order valence-corrected chi connectivity index (χ1v) is 9.51. The molecular formula is C20H21F3N4O2. The minimum Gasteiger partial charge on any atom is -0.341 e. The third-order valence-corrected chi connectivity index (χ3v) is 5.79. The minimum absolute atomic E-state index is 0.0377.